The number of carbonyl (C=O) groups is 1. The molecule has 4 rings (SSSR count). The average Bonchev–Trinajstić information content (AvgIpc) is 2.87. The minimum Gasteiger partial charge on any atom is -0.501 e. The Kier molecular flexibility index (Phi) is 10.1. The van der Waals surface area contributed by atoms with Crippen molar-refractivity contribution in [3.63, 3.8) is 0 Å². The van der Waals surface area contributed by atoms with Crippen molar-refractivity contribution in [1.29, 1.82) is 0 Å². The Morgan fingerprint density at radius 3 is 2.62 bits per heavy atom. The van der Waals surface area contributed by atoms with Crippen molar-refractivity contribution in [1.82, 2.24) is 9.97 Å². The van der Waals surface area contributed by atoms with Crippen LogP contribution >= 0.6 is 24.0 Å². The van der Waals surface area contributed by atoms with Gasteiger partial charge in [-0.3, -0.25) is 4.79 Å². The number of hydrogen-bond acceptors (Lipinski definition) is 7. The standard InChI is InChI=1S/C26H28ClF3N4O4.ClH/c27-17-7-8-18(19(11-17)16-2-1-9-37-13-16)23(26(28,29)30)38-22-12-21(33-25(32)34-22)15-5-3-14(4-6-15)10-20(31)24(35)36;/h5,7-8,11-14,20,23H,1-4,6,9-10,31H2,(H,35,36)(H2,32,33,34);1H/t14?,20-,23+;/m0./s1. The Morgan fingerprint density at radius 2 is 2.00 bits per heavy atom. The molecule has 2 heterocycles. The fourth-order valence-corrected chi connectivity index (χ4v) is 4.86. The van der Waals surface area contributed by atoms with Crippen molar-refractivity contribution in [2.24, 2.45) is 11.7 Å². The molecule has 0 fully saturated rings. The molecular formula is C26H29Cl2F3N4O4. The van der Waals surface area contributed by atoms with E-state index in [1.807, 2.05) is 6.08 Å². The van der Waals surface area contributed by atoms with E-state index in [1.165, 1.54) is 30.5 Å². The fraction of sp³-hybridized carbons (Fsp3) is 0.423. The van der Waals surface area contributed by atoms with E-state index in [2.05, 4.69) is 9.97 Å². The van der Waals surface area contributed by atoms with Crippen LogP contribution in [0.5, 0.6) is 5.88 Å². The van der Waals surface area contributed by atoms with E-state index >= 15 is 0 Å². The van der Waals surface area contributed by atoms with Crippen LogP contribution in [0.3, 0.4) is 0 Å². The molecule has 2 aliphatic rings. The SMILES string of the molecule is Cl.Nc1nc(O[C@H](c2ccc(Cl)cc2C2=COCCC2)C(F)(F)F)cc(C2=CCC(C[C@H](N)C(=O)O)CC2)n1. The van der Waals surface area contributed by atoms with Crippen molar-refractivity contribution in [3.05, 3.63) is 58.4 Å². The molecule has 212 valence electrons. The van der Waals surface area contributed by atoms with E-state index in [-0.39, 0.29) is 40.7 Å². The van der Waals surface area contributed by atoms with Gasteiger partial charge in [-0.1, -0.05) is 23.7 Å². The second-order valence-corrected chi connectivity index (χ2v) is 9.82. The number of carboxylic acids is 1. The molecule has 1 aromatic carbocycles. The van der Waals surface area contributed by atoms with E-state index in [0.717, 1.165) is 5.57 Å². The van der Waals surface area contributed by atoms with E-state index < -0.39 is 24.3 Å². The van der Waals surface area contributed by atoms with Crippen molar-refractivity contribution >= 4 is 47.1 Å². The van der Waals surface area contributed by atoms with E-state index in [9.17, 15) is 18.0 Å². The summed E-state index contributed by atoms with van der Waals surface area (Å²) >= 11 is 6.13. The van der Waals surface area contributed by atoms with Gasteiger partial charge in [0, 0.05) is 16.7 Å². The van der Waals surface area contributed by atoms with Crippen molar-refractivity contribution in [2.75, 3.05) is 12.3 Å². The first-order chi connectivity index (χ1) is 18.0. The molecule has 0 radical (unpaired) electrons. The predicted molar refractivity (Wildman–Crippen MR) is 143 cm³/mol. The number of halogens is 5. The van der Waals surface area contributed by atoms with Gasteiger partial charge in [-0.15, -0.1) is 12.4 Å². The summed E-state index contributed by atoms with van der Waals surface area (Å²) in [7, 11) is 0. The van der Waals surface area contributed by atoms with E-state index in [1.54, 1.807) is 0 Å². The van der Waals surface area contributed by atoms with Gasteiger partial charge in [-0.25, -0.2) is 4.98 Å². The number of ether oxygens (including phenoxy) is 2. The van der Waals surface area contributed by atoms with Crippen LogP contribution < -0.4 is 16.2 Å². The highest BCUT2D eigenvalue weighted by atomic mass is 35.5. The van der Waals surface area contributed by atoms with Gasteiger partial charge in [-0.05, 0) is 73.3 Å². The third-order valence-corrected chi connectivity index (χ3v) is 6.82. The molecule has 13 heteroatoms. The number of carboxylic acid groups (broad SMARTS) is 1. The van der Waals surface area contributed by atoms with Crippen LogP contribution in [0.15, 0.2) is 36.6 Å². The van der Waals surface area contributed by atoms with Crippen LogP contribution in [0.2, 0.25) is 5.02 Å². The maximum Gasteiger partial charge on any atom is 0.429 e. The number of nitrogen functional groups attached to an aromatic ring is 1. The second kappa shape index (κ2) is 12.9. The molecule has 0 saturated heterocycles. The van der Waals surface area contributed by atoms with Gasteiger partial charge >= 0.3 is 12.1 Å². The van der Waals surface area contributed by atoms with Crippen LogP contribution in [0.25, 0.3) is 11.1 Å². The highest BCUT2D eigenvalue weighted by Gasteiger charge is 2.45. The van der Waals surface area contributed by atoms with Crippen molar-refractivity contribution in [3.8, 4) is 5.88 Å². The van der Waals surface area contributed by atoms with Gasteiger partial charge < -0.3 is 26.0 Å². The lowest BCUT2D eigenvalue weighted by atomic mass is 9.84. The summed E-state index contributed by atoms with van der Waals surface area (Å²) in [5.74, 6) is -1.52. The molecule has 1 aromatic heterocycles. The zero-order valence-corrected chi connectivity index (χ0v) is 22.4. The van der Waals surface area contributed by atoms with Crippen LogP contribution in [0, 0.1) is 5.92 Å². The van der Waals surface area contributed by atoms with Crippen LogP contribution in [0.4, 0.5) is 19.1 Å². The van der Waals surface area contributed by atoms with Gasteiger partial charge in [0.1, 0.15) is 6.04 Å². The third-order valence-electron chi connectivity index (χ3n) is 6.59. The van der Waals surface area contributed by atoms with Crippen LogP contribution in [-0.4, -0.2) is 39.9 Å². The molecule has 0 bridgehead atoms. The zero-order valence-electron chi connectivity index (χ0n) is 20.8. The number of nitrogens with two attached hydrogens (primary N) is 2. The van der Waals surface area contributed by atoms with Crippen molar-refractivity contribution < 1.29 is 32.5 Å². The molecule has 0 amide bonds. The molecule has 5 N–H and O–H groups in total. The smallest absolute Gasteiger partial charge is 0.429 e. The van der Waals surface area contributed by atoms with E-state index in [4.69, 9.17) is 37.6 Å². The molecule has 0 spiro atoms. The molecule has 0 saturated carbocycles. The molecule has 39 heavy (non-hydrogen) atoms. The van der Waals surface area contributed by atoms with Crippen LogP contribution in [0.1, 0.15) is 61.4 Å². The molecule has 1 aliphatic heterocycles. The summed E-state index contributed by atoms with van der Waals surface area (Å²) in [6.07, 6.45) is -0.505. The normalized spacial score (nSPS) is 19.1. The molecule has 3 atom stereocenters. The summed E-state index contributed by atoms with van der Waals surface area (Å²) in [6, 6.07) is 4.54. The number of nitrogens with zero attached hydrogens (tertiary/aromatic N) is 2. The lowest BCUT2D eigenvalue weighted by Gasteiger charge is -2.26. The number of aromatic nitrogens is 2. The number of anilines is 1. The number of aliphatic carboxylic acids is 1. The Bertz CT molecular complexity index is 1260. The number of alkyl halides is 3. The molecule has 1 unspecified atom stereocenters. The fourth-order valence-electron chi connectivity index (χ4n) is 4.69. The Morgan fingerprint density at radius 1 is 1.23 bits per heavy atom. The first kappa shape index (κ1) is 30.5. The van der Waals surface area contributed by atoms with Crippen molar-refractivity contribution in [2.45, 2.75) is 56.8 Å². The topological polar surface area (TPSA) is 134 Å². The summed E-state index contributed by atoms with van der Waals surface area (Å²) in [4.78, 5) is 19.1. The number of hydrogen-bond donors (Lipinski definition) is 3. The second-order valence-electron chi connectivity index (χ2n) is 9.39. The summed E-state index contributed by atoms with van der Waals surface area (Å²) < 4.78 is 53.9. The Hall–Kier alpha value is -3.02. The quantitative estimate of drug-likeness (QED) is 0.344. The zero-order chi connectivity index (χ0) is 27.4. The molecular weight excluding hydrogens is 560 g/mol. The average molecular weight is 589 g/mol. The largest absolute Gasteiger partial charge is 0.501 e. The highest BCUT2D eigenvalue weighted by molar-refractivity contribution is 6.30. The minimum atomic E-state index is -4.78. The van der Waals surface area contributed by atoms with Crippen LogP contribution in [-0.2, 0) is 9.53 Å². The maximum atomic E-state index is 14.4. The van der Waals surface area contributed by atoms with Gasteiger partial charge in [0.15, 0.2) is 0 Å². The first-order valence-electron chi connectivity index (χ1n) is 12.2. The lowest BCUT2D eigenvalue weighted by Crippen LogP contribution is -2.32. The predicted octanol–water partition coefficient (Wildman–Crippen LogP) is 5.95. The number of rotatable bonds is 8. The third kappa shape index (κ3) is 7.77. The molecule has 1 aliphatic carbocycles. The minimum absolute atomic E-state index is 0. The number of allylic oxidation sites excluding steroid dienone is 3. The summed E-state index contributed by atoms with van der Waals surface area (Å²) in [5.41, 5.74) is 13.4. The molecule has 2 aromatic rings. The summed E-state index contributed by atoms with van der Waals surface area (Å²) in [5, 5.41) is 9.33. The van der Waals surface area contributed by atoms with Gasteiger partial charge in [0.05, 0.1) is 18.6 Å². The Labute approximate surface area is 234 Å². The Balaban J connectivity index is 0.00000420. The summed E-state index contributed by atoms with van der Waals surface area (Å²) in [6.45, 7) is 0.491. The van der Waals surface area contributed by atoms with E-state index in [0.29, 0.717) is 62.0 Å². The van der Waals surface area contributed by atoms with Gasteiger partial charge in [0.2, 0.25) is 17.9 Å². The monoisotopic (exact) mass is 588 g/mol. The maximum absolute atomic E-state index is 14.4. The van der Waals surface area contributed by atoms with Gasteiger partial charge in [-0.2, -0.15) is 18.2 Å². The molecule has 8 nitrogen and oxygen atoms in total. The van der Waals surface area contributed by atoms with Gasteiger partial charge in [0.25, 0.3) is 0 Å². The highest BCUT2D eigenvalue weighted by Crippen LogP contribution is 2.42. The lowest BCUT2D eigenvalue weighted by molar-refractivity contribution is -0.198. The number of benzene rings is 1. The first-order valence-corrected chi connectivity index (χ1v) is 12.5.